The topological polar surface area (TPSA) is 84.3 Å². The summed E-state index contributed by atoms with van der Waals surface area (Å²) in [5, 5.41) is 5.31. The van der Waals surface area contributed by atoms with Crippen molar-refractivity contribution in [2.75, 3.05) is 5.32 Å². The van der Waals surface area contributed by atoms with Gasteiger partial charge < -0.3 is 0 Å². The van der Waals surface area contributed by atoms with Crippen LogP contribution in [-0.4, -0.2) is 15.9 Å². The van der Waals surface area contributed by atoms with Crippen LogP contribution in [0.2, 0.25) is 0 Å². The number of halogens is 1. The molecule has 0 saturated heterocycles. The summed E-state index contributed by atoms with van der Waals surface area (Å²) >= 11 is 0.897. The first kappa shape index (κ1) is 11.3. The minimum absolute atomic E-state index is 0.131. The summed E-state index contributed by atoms with van der Waals surface area (Å²) in [7, 11) is 0. The maximum absolute atomic E-state index is 13.2. The average Bonchev–Trinajstić information content (AvgIpc) is 2.77. The fourth-order valence-electron chi connectivity index (χ4n) is 1.09. The molecule has 86 valence electrons. The molecule has 1 N–H and O–H groups in total. The van der Waals surface area contributed by atoms with Gasteiger partial charge in [-0.05, 0) is 17.3 Å². The highest BCUT2D eigenvalue weighted by atomic mass is 32.1. The van der Waals surface area contributed by atoms with Crippen LogP contribution < -0.4 is 5.32 Å². The van der Waals surface area contributed by atoms with Gasteiger partial charge in [-0.25, -0.2) is 9.97 Å². The molecule has 0 aliphatic carbocycles. The molecule has 17 heavy (non-hydrogen) atoms. The molecule has 0 spiro atoms. The van der Waals surface area contributed by atoms with E-state index in [0.717, 1.165) is 11.3 Å². The first-order valence-corrected chi connectivity index (χ1v) is 5.23. The van der Waals surface area contributed by atoms with E-state index >= 15 is 0 Å². The lowest BCUT2D eigenvalue weighted by molar-refractivity contribution is 0.102. The van der Waals surface area contributed by atoms with Gasteiger partial charge in [0.2, 0.25) is 5.95 Å². The number of nitroso groups, excluding NO2 is 1. The molecule has 1 amide bonds. The van der Waals surface area contributed by atoms with Crippen LogP contribution in [0, 0.1) is 10.9 Å². The standard InChI is InChI=1S/C9H5FN4O2S/c10-7-5(2-1-3-11-7)8(15)13-9-12-4-6(14-16)17-9/h1-4H,(H,12,13,15). The summed E-state index contributed by atoms with van der Waals surface area (Å²) in [6, 6.07) is 2.74. The van der Waals surface area contributed by atoms with Crippen molar-refractivity contribution in [1.82, 2.24) is 9.97 Å². The number of rotatable bonds is 3. The number of hydrogen-bond acceptors (Lipinski definition) is 6. The van der Waals surface area contributed by atoms with Gasteiger partial charge in [0.25, 0.3) is 5.91 Å². The lowest BCUT2D eigenvalue weighted by Gasteiger charge is -2.01. The summed E-state index contributed by atoms with van der Waals surface area (Å²) < 4.78 is 13.2. The number of carbonyl (C=O) groups is 1. The maximum atomic E-state index is 13.2. The van der Waals surface area contributed by atoms with Crippen LogP contribution in [0.25, 0.3) is 0 Å². The molecule has 0 aromatic carbocycles. The van der Waals surface area contributed by atoms with Crippen LogP contribution in [0.4, 0.5) is 14.5 Å². The molecule has 0 fully saturated rings. The number of nitrogens with one attached hydrogen (secondary N) is 1. The second kappa shape index (κ2) is 4.74. The zero-order valence-corrected chi connectivity index (χ0v) is 9.07. The van der Waals surface area contributed by atoms with E-state index in [-0.39, 0.29) is 15.7 Å². The SMILES string of the molecule is O=Nc1cnc(NC(=O)c2cccnc2F)s1. The van der Waals surface area contributed by atoms with Crippen LogP contribution in [0.15, 0.2) is 29.7 Å². The third-order valence-electron chi connectivity index (χ3n) is 1.81. The van der Waals surface area contributed by atoms with E-state index in [4.69, 9.17) is 0 Å². The Morgan fingerprint density at radius 1 is 1.47 bits per heavy atom. The fourth-order valence-corrected chi connectivity index (χ4v) is 1.68. The predicted octanol–water partition coefficient (Wildman–Crippen LogP) is 2.33. The number of anilines is 1. The summed E-state index contributed by atoms with van der Waals surface area (Å²) in [6.07, 6.45) is 2.46. The second-order valence-electron chi connectivity index (χ2n) is 2.89. The number of aromatic nitrogens is 2. The van der Waals surface area contributed by atoms with Crippen molar-refractivity contribution < 1.29 is 9.18 Å². The van der Waals surface area contributed by atoms with E-state index in [2.05, 4.69) is 20.5 Å². The molecule has 0 bridgehead atoms. The summed E-state index contributed by atoms with van der Waals surface area (Å²) in [4.78, 5) is 28.8. The Bertz CT molecular complexity index is 572. The van der Waals surface area contributed by atoms with E-state index in [1.54, 1.807) is 0 Å². The third kappa shape index (κ3) is 2.48. The van der Waals surface area contributed by atoms with Gasteiger partial charge in [-0.3, -0.25) is 10.1 Å². The summed E-state index contributed by atoms with van der Waals surface area (Å²) in [5.74, 6) is -1.54. The van der Waals surface area contributed by atoms with Crippen LogP contribution in [0.1, 0.15) is 10.4 Å². The van der Waals surface area contributed by atoms with Gasteiger partial charge in [-0.1, -0.05) is 11.3 Å². The molecule has 0 aliphatic rings. The zero-order chi connectivity index (χ0) is 12.3. The van der Waals surface area contributed by atoms with E-state index in [9.17, 15) is 14.1 Å². The van der Waals surface area contributed by atoms with Crippen molar-refractivity contribution in [3.8, 4) is 0 Å². The van der Waals surface area contributed by atoms with Crippen molar-refractivity contribution in [2.24, 2.45) is 5.18 Å². The Morgan fingerprint density at radius 2 is 2.29 bits per heavy atom. The highest BCUT2D eigenvalue weighted by Gasteiger charge is 2.13. The molecule has 2 aromatic heterocycles. The van der Waals surface area contributed by atoms with Gasteiger partial charge in [0.05, 0.1) is 11.8 Å². The number of pyridine rings is 1. The van der Waals surface area contributed by atoms with Crippen molar-refractivity contribution in [1.29, 1.82) is 0 Å². The first-order chi connectivity index (χ1) is 8.20. The quantitative estimate of drug-likeness (QED) is 0.671. The normalized spacial score (nSPS) is 9.94. The van der Waals surface area contributed by atoms with E-state index in [1.165, 1.54) is 24.5 Å². The molecule has 8 heteroatoms. The average molecular weight is 252 g/mol. The number of nitrogens with zero attached hydrogens (tertiary/aromatic N) is 3. The van der Waals surface area contributed by atoms with Crippen LogP contribution in [0.3, 0.4) is 0 Å². The fraction of sp³-hybridized carbons (Fsp3) is 0. The van der Waals surface area contributed by atoms with E-state index in [0.29, 0.717) is 0 Å². The number of amides is 1. The lowest BCUT2D eigenvalue weighted by Crippen LogP contribution is -2.14. The molecule has 2 heterocycles. The molecule has 2 rings (SSSR count). The smallest absolute Gasteiger partial charge is 0.262 e. The number of hydrogen-bond donors (Lipinski definition) is 1. The van der Waals surface area contributed by atoms with Gasteiger partial charge >= 0.3 is 0 Å². The molecule has 6 nitrogen and oxygen atoms in total. The Morgan fingerprint density at radius 3 is 2.94 bits per heavy atom. The molecule has 0 saturated carbocycles. The van der Waals surface area contributed by atoms with Gasteiger partial charge in [-0.2, -0.15) is 4.39 Å². The molecule has 2 aromatic rings. The van der Waals surface area contributed by atoms with Crippen molar-refractivity contribution >= 4 is 27.4 Å². The monoisotopic (exact) mass is 252 g/mol. The van der Waals surface area contributed by atoms with Crippen LogP contribution in [0.5, 0.6) is 0 Å². The van der Waals surface area contributed by atoms with Crippen LogP contribution >= 0.6 is 11.3 Å². The highest BCUT2D eigenvalue weighted by molar-refractivity contribution is 7.19. The van der Waals surface area contributed by atoms with Gasteiger partial charge in [0, 0.05) is 6.20 Å². The van der Waals surface area contributed by atoms with Gasteiger partial charge in [-0.15, -0.1) is 4.91 Å². The first-order valence-electron chi connectivity index (χ1n) is 4.42. The number of carbonyl (C=O) groups excluding carboxylic acids is 1. The Balaban J connectivity index is 2.17. The number of thiazole rings is 1. The van der Waals surface area contributed by atoms with Gasteiger partial charge in [0.1, 0.15) is 0 Å². The highest BCUT2D eigenvalue weighted by Crippen LogP contribution is 2.25. The third-order valence-corrected chi connectivity index (χ3v) is 2.60. The zero-order valence-electron chi connectivity index (χ0n) is 8.25. The lowest BCUT2D eigenvalue weighted by atomic mass is 10.2. The minimum Gasteiger partial charge on any atom is -0.298 e. The molecule has 0 radical (unpaired) electrons. The minimum atomic E-state index is -0.865. The molecule has 0 aliphatic heterocycles. The Hall–Kier alpha value is -2.22. The maximum Gasteiger partial charge on any atom is 0.262 e. The summed E-state index contributed by atoms with van der Waals surface area (Å²) in [5.41, 5.74) is -0.191. The van der Waals surface area contributed by atoms with E-state index < -0.39 is 11.9 Å². The molecule has 0 atom stereocenters. The second-order valence-corrected chi connectivity index (χ2v) is 3.90. The summed E-state index contributed by atoms with van der Waals surface area (Å²) in [6.45, 7) is 0. The molecule has 0 unspecified atom stereocenters. The van der Waals surface area contributed by atoms with Gasteiger partial charge in [0.15, 0.2) is 10.1 Å². The van der Waals surface area contributed by atoms with Crippen molar-refractivity contribution in [3.05, 3.63) is 40.9 Å². The predicted molar refractivity (Wildman–Crippen MR) is 59.7 cm³/mol. The van der Waals surface area contributed by atoms with Crippen molar-refractivity contribution in [2.45, 2.75) is 0 Å². The van der Waals surface area contributed by atoms with Crippen molar-refractivity contribution in [3.63, 3.8) is 0 Å². The Kier molecular flexibility index (Phi) is 3.15. The molecular weight excluding hydrogens is 247 g/mol. The largest absolute Gasteiger partial charge is 0.298 e. The van der Waals surface area contributed by atoms with Crippen LogP contribution in [-0.2, 0) is 0 Å². The Labute approximate surface area is 98.5 Å². The van der Waals surface area contributed by atoms with E-state index in [1.807, 2.05) is 0 Å². The molecular formula is C9H5FN4O2S.